The van der Waals surface area contributed by atoms with Crippen molar-refractivity contribution in [3.05, 3.63) is 62.4 Å². The molecule has 23 heavy (non-hydrogen) atoms. The van der Waals surface area contributed by atoms with Crippen LogP contribution >= 0.6 is 46.1 Å². The summed E-state index contributed by atoms with van der Waals surface area (Å²) in [5, 5.41) is 13.6. The lowest BCUT2D eigenvalue weighted by atomic mass is 10.2. The first-order chi connectivity index (χ1) is 11.0. The highest BCUT2D eigenvalue weighted by Crippen LogP contribution is 2.31. The minimum absolute atomic E-state index is 0.0608. The van der Waals surface area contributed by atoms with E-state index in [0.29, 0.717) is 20.7 Å². The van der Waals surface area contributed by atoms with Gasteiger partial charge in [0.15, 0.2) is 0 Å². The van der Waals surface area contributed by atoms with Gasteiger partial charge >= 0.3 is 0 Å². The molecule has 0 atom stereocenters. The Hall–Kier alpha value is -1.59. The van der Waals surface area contributed by atoms with Crippen LogP contribution in [0.4, 0.5) is 5.13 Å². The Morgan fingerprint density at radius 2 is 1.78 bits per heavy atom. The van der Waals surface area contributed by atoms with E-state index in [1.165, 1.54) is 23.6 Å². The SMILES string of the molecule is Oc1c(Cl)cc(Cl)cc1/C=N/c1nc(-c2ccc(Cl)cc2)cs1. The van der Waals surface area contributed by atoms with E-state index in [4.69, 9.17) is 34.8 Å². The summed E-state index contributed by atoms with van der Waals surface area (Å²) in [6.45, 7) is 0. The van der Waals surface area contributed by atoms with Gasteiger partial charge in [-0.25, -0.2) is 9.98 Å². The first-order valence-electron chi connectivity index (χ1n) is 6.46. The van der Waals surface area contributed by atoms with Gasteiger partial charge in [0.25, 0.3) is 0 Å². The number of phenols is 1. The molecular formula is C16H9Cl3N2OS. The normalized spacial score (nSPS) is 11.3. The number of hydrogen-bond acceptors (Lipinski definition) is 4. The number of aliphatic imine (C=N–C) groups is 1. The van der Waals surface area contributed by atoms with E-state index in [1.54, 1.807) is 6.07 Å². The molecule has 0 unspecified atom stereocenters. The molecule has 1 aromatic heterocycles. The van der Waals surface area contributed by atoms with Crippen molar-refractivity contribution in [2.75, 3.05) is 0 Å². The van der Waals surface area contributed by atoms with Gasteiger partial charge < -0.3 is 5.11 Å². The van der Waals surface area contributed by atoms with Gasteiger partial charge in [-0.3, -0.25) is 0 Å². The van der Waals surface area contributed by atoms with Crippen molar-refractivity contribution in [3.8, 4) is 17.0 Å². The summed E-state index contributed by atoms with van der Waals surface area (Å²) < 4.78 is 0. The zero-order valence-electron chi connectivity index (χ0n) is 11.5. The Morgan fingerprint density at radius 3 is 2.52 bits per heavy atom. The van der Waals surface area contributed by atoms with Crippen LogP contribution in [0.1, 0.15) is 5.56 Å². The van der Waals surface area contributed by atoms with Crippen LogP contribution in [0.3, 0.4) is 0 Å². The van der Waals surface area contributed by atoms with Crippen molar-refractivity contribution in [1.82, 2.24) is 4.98 Å². The van der Waals surface area contributed by atoms with Crippen LogP contribution in [0.15, 0.2) is 46.8 Å². The number of aromatic hydroxyl groups is 1. The van der Waals surface area contributed by atoms with Crippen molar-refractivity contribution in [1.29, 1.82) is 0 Å². The smallest absolute Gasteiger partial charge is 0.209 e. The van der Waals surface area contributed by atoms with E-state index in [-0.39, 0.29) is 10.8 Å². The molecule has 0 aliphatic rings. The van der Waals surface area contributed by atoms with E-state index < -0.39 is 0 Å². The van der Waals surface area contributed by atoms with Crippen LogP contribution in [-0.4, -0.2) is 16.3 Å². The molecule has 0 amide bonds. The Balaban J connectivity index is 1.86. The highest BCUT2D eigenvalue weighted by molar-refractivity contribution is 7.13. The topological polar surface area (TPSA) is 45.5 Å². The van der Waals surface area contributed by atoms with Gasteiger partial charge in [0.1, 0.15) is 5.75 Å². The maximum atomic E-state index is 9.90. The van der Waals surface area contributed by atoms with Gasteiger partial charge in [0, 0.05) is 32.8 Å². The van der Waals surface area contributed by atoms with E-state index in [9.17, 15) is 5.11 Å². The number of aromatic nitrogens is 1. The molecule has 1 N–H and O–H groups in total. The predicted molar refractivity (Wildman–Crippen MR) is 97.9 cm³/mol. The summed E-state index contributed by atoms with van der Waals surface area (Å²) in [4.78, 5) is 8.69. The monoisotopic (exact) mass is 382 g/mol. The third-order valence-electron chi connectivity index (χ3n) is 3.00. The van der Waals surface area contributed by atoms with E-state index >= 15 is 0 Å². The molecule has 1 heterocycles. The molecule has 0 aliphatic heterocycles. The van der Waals surface area contributed by atoms with Crippen molar-refractivity contribution in [2.24, 2.45) is 4.99 Å². The van der Waals surface area contributed by atoms with Crippen LogP contribution in [-0.2, 0) is 0 Å². The largest absolute Gasteiger partial charge is 0.506 e. The molecule has 2 aromatic carbocycles. The summed E-state index contributed by atoms with van der Waals surface area (Å²) in [5.74, 6) is -0.0608. The summed E-state index contributed by atoms with van der Waals surface area (Å²) >= 11 is 19.1. The number of halogens is 3. The maximum absolute atomic E-state index is 9.90. The van der Waals surface area contributed by atoms with Gasteiger partial charge in [0.2, 0.25) is 5.13 Å². The maximum Gasteiger partial charge on any atom is 0.209 e. The fraction of sp³-hybridized carbons (Fsp3) is 0. The second-order valence-electron chi connectivity index (χ2n) is 4.61. The first-order valence-corrected chi connectivity index (χ1v) is 8.48. The van der Waals surface area contributed by atoms with Crippen LogP contribution in [0, 0.1) is 0 Å². The molecule has 0 aliphatic carbocycles. The Labute approximate surface area is 151 Å². The zero-order chi connectivity index (χ0) is 16.4. The molecule has 0 saturated heterocycles. The van der Waals surface area contributed by atoms with Crippen molar-refractivity contribution >= 4 is 57.5 Å². The van der Waals surface area contributed by atoms with E-state index in [2.05, 4.69) is 9.98 Å². The van der Waals surface area contributed by atoms with Crippen LogP contribution < -0.4 is 0 Å². The molecule has 7 heteroatoms. The van der Waals surface area contributed by atoms with Crippen molar-refractivity contribution < 1.29 is 5.11 Å². The van der Waals surface area contributed by atoms with Crippen LogP contribution in [0.5, 0.6) is 5.75 Å². The molecule has 3 aromatic rings. The number of hydrogen-bond donors (Lipinski definition) is 1. The molecule has 0 fully saturated rings. The lowest BCUT2D eigenvalue weighted by Gasteiger charge is -2.01. The Morgan fingerprint density at radius 1 is 1.04 bits per heavy atom. The van der Waals surface area contributed by atoms with Gasteiger partial charge in [-0.15, -0.1) is 11.3 Å². The molecular weight excluding hydrogens is 375 g/mol. The molecule has 0 radical (unpaired) electrons. The number of thiazole rings is 1. The fourth-order valence-electron chi connectivity index (χ4n) is 1.89. The summed E-state index contributed by atoms with van der Waals surface area (Å²) in [5.41, 5.74) is 2.21. The average molecular weight is 384 g/mol. The minimum atomic E-state index is -0.0608. The number of phenolic OH excluding ortho intramolecular Hbond substituents is 1. The summed E-state index contributed by atoms with van der Waals surface area (Å²) in [6.07, 6.45) is 1.48. The van der Waals surface area contributed by atoms with Gasteiger partial charge in [0.05, 0.1) is 10.7 Å². The second-order valence-corrected chi connectivity index (χ2v) is 6.72. The zero-order valence-corrected chi connectivity index (χ0v) is 14.6. The molecule has 0 saturated carbocycles. The highest BCUT2D eigenvalue weighted by Gasteiger charge is 2.07. The third kappa shape index (κ3) is 3.85. The van der Waals surface area contributed by atoms with Gasteiger partial charge in [-0.2, -0.15) is 0 Å². The molecule has 116 valence electrons. The third-order valence-corrected chi connectivity index (χ3v) is 4.51. The molecule has 0 bridgehead atoms. The van der Waals surface area contributed by atoms with Gasteiger partial charge in [-0.1, -0.05) is 46.9 Å². The lowest BCUT2D eigenvalue weighted by molar-refractivity contribution is 0.475. The highest BCUT2D eigenvalue weighted by atomic mass is 35.5. The standard InChI is InChI=1S/C16H9Cl3N2OS/c17-11-3-1-9(2-4-11)14-8-23-16(21-14)20-7-10-5-12(18)6-13(19)15(10)22/h1-8,22H/b20-7+. The number of benzene rings is 2. The summed E-state index contributed by atoms with van der Waals surface area (Å²) in [7, 11) is 0. The second kappa shape index (κ2) is 6.89. The van der Waals surface area contributed by atoms with Crippen molar-refractivity contribution in [2.45, 2.75) is 0 Å². The van der Waals surface area contributed by atoms with Gasteiger partial charge in [-0.05, 0) is 24.3 Å². The number of rotatable bonds is 3. The summed E-state index contributed by atoms with van der Waals surface area (Å²) in [6, 6.07) is 10.5. The van der Waals surface area contributed by atoms with Crippen molar-refractivity contribution in [3.63, 3.8) is 0 Å². The average Bonchev–Trinajstić information content (AvgIpc) is 2.99. The molecule has 3 nitrogen and oxygen atoms in total. The van der Waals surface area contributed by atoms with E-state index in [0.717, 1.165) is 11.3 Å². The number of nitrogens with zero attached hydrogens (tertiary/aromatic N) is 2. The van der Waals surface area contributed by atoms with Crippen LogP contribution in [0.2, 0.25) is 15.1 Å². The Kier molecular flexibility index (Phi) is 4.87. The molecule has 0 spiro atoms. The Bertz CT molecular complexity index is 876. The predicted octanol–water partition coefficient (Wildman–Crippen LogP) is 6.23. The first kappa shape index (κ1) is 16.3. The molecule has 3 rings (SSSR count). The van der Waals surface area contributed by atoms with E-state index in [1.807, 2.05) is 29.6 Å². The lowest BCUT2D eigenvalue weighted by Crippen LogP contribution is -1.84. The quantitative estimate of drug-likeness (QED) is 0.545. The van der Waals surface area contributed by atoms with Crippen LogP contribution in [0.25, 0.3) is 11.3 Å². The fourth-order valence-corrected chi connectivity index (χ4v) is 3.19. The minimum Gasteiger partial charge on any atom is -0.506 e.